The molecule has 4 rings (SSSR count). The van der Waals surface area contributed by atoms with E-state index in [1.807, 2.05) is 0 Å². The second-order valence-corrected chi connectivity index (χ2v) is 14.4. The summed E-state index contributed by atoms with van der Waals surface area (Å²) in [4.78, 5) is 30.2. The highest BCUT2D eigenvalue weighted by atomic mass is 35.5. The Hall–Kier alpha value is -2.47. The minimum absolute atomic E-state index is 0.00879. The summed E-state index contributed by atoms with van der Waals surface area (Å²) in [7, 11) is -6.25. The van der Waals surface area contributed by atoms with Gasteiger partial charge in [0.2, 0.25) is 0 Å². The Labute approximate surface area is 248 Å². The zero-order chi connectivity index (χ0) is 31.2. The molecule has 42 heavy (non-hydrogen) atoms. The van der Waals surface area contributed by atoms with Crippen LogP contribution in [0.15, 0.2) is 38.8 Å². The smallest absolute Gasteiger partial charge is 0.305 e. The Morgan fingerprint density at radius 1 is 1.00 bits per heavy atom. The SMILES string of the molecule is CCS(=O)(=O)c1ccc(Cl)cc1Cn1c(=O)[nH]c2c(Cl)c(CN3CCN(S(=O)(=O)NC)CC3)c(C(F)(F)F)cc2c1=O. The lowest BCUT2D eigenvalue weighted by molar-refractivity contribution is -0.138. The molecule has 1 aliphatic heterocycles. The van der Waals surface area contributed by atoms with Crippen LogP contribution in [0.25, 0.3) is 10.9 Å². The quantitative estimate of drug-likeness (QED) is 0.375. The van der Waals surface area contributed by atoms with Crippen LogP contribution in [0, 0.1) is 0 Å². The van der Waals surface area contributed by atoms with E-state index in [0.717, 1.165) is 4.31 Å². The highest BCUT2D eigenvalue weighted by molar-refractivity contribution is 7.91. The second kappa shape index (κ2) is 11.9. The molecule has 0 spiro atoms. The average molecular weight is 673 g/mol. The van der Waals surface area contributed by atoms with E-state index < -0.39 is 60.0 Å². The van der Waals surface area contributed by atoms with E-state index in [1.54, 1.807) is 4.90 Å². The molecular formula is C24H26Cl2F3N5O6S2. The van der Waals surface area contributed by atoms with Gasteiger partial charge in [-0.2, -0.15) is 25.9 Å². The maximum Gasteiger partial charge on any atom is 0.416 e. The number of H-pyrrole nitrogens is 1. The standard InChI is InChI=1S/C24H26Cl2F3N5O6S2/c1-3-41(37,38)19-5-4-15(25)10-14(19)12-34-22(35)16-11-18(24(27,28)29)17(20(26)21(16)31-23(34)36)13-32-6-8-33(9-7-32)42(39,40)30-2/h4-5,10-11,30H,3,6-9,12-13H2,1-2H3,(H,31,36). The Bertz CT molecular complexity index is 1870. The molecule has 18 heteroatoms. The van der Waals surface area contributed by atoms with E-state index in [9.17, 15) is 39.6 Å². The van der Waals surface area contributed by atoms with Crippen molar-refractivity contribution in [3.63, 3.8) is 0 Å². The summed E-state index contributed by atoms with van der Waals surface area (Å²) >= 11 is 12.4. The molecule has 1 fully saturated rings. The van der Waals surface area contributed by atoms with E-state index in [1.165, 1.54) is 32.2 Å². The zero-order valence-corrected chi connectivity index (χ0v) is 25.4. The lowest BCUT2D eigenvalue weighted by Crippen LogP contribution is -2.51. The third-order valence-corrected chi connectivity index (χ3v) is 11.0. The number of aromatic amines is 1. The number of piperazine rings is 1. The molecule has 0 unspecified atom stereocenters. The highest BCUT2D eigenvalue weighted by Crippen LogP contribution is 2.38. The first-order valence-electron chi connectivity index (χ1n) is 12.5. The van der Waals surface area contributed by atoms with E-state index in [0.29, 0.717) is 10.6 Å². The predicted molar refractivity (Wildman–Crippen MR) is 152 cm³/mol. The molecule has 0 atom stereocenters. The monoisotopic (exact) mass is 671 g/mol. The minimum Gasteiger partial charge on any atom is -0.305 e. The molecule has 1 aromatic heterocycles. The lowest BCUT2D eigenvalue weighted by Gasteiger charge is -2.34. The van der Waals surface area contributed by atoms with Gasteiger partial charge in [0.15, 0.2) is 9.84 Å². The average Bonchev–Trinajstić information content (AvgIpc) is 2.92. The number of benzene rings is 2. The molecule has 1 saturated heterocycles. The van der Waals surface area contributed by atoms with Crippen molar-refractivity contribution in [3.05, 3.63) is 71.8 Å². The van der Waals surface area contributed by atoms with Crippen molar-refractivity contribution in [1.82, 2.24) is 23.5 Å². The van der Waals surface area contributed by atoms with Gasteiger partial charge in [-0.3, -0.25) is 14.3 Å². The van der Waals surface area contributed by atoms with E-state index in [4.69, 9.17) is 23.2 Å². The number of aromatic nitrogens is 2. The van der Waals surface area contributed by atoms with Gasteiger partial charge in [-0.15, -0.1) is 0 Å². The summed E-state index contributed by atoms with van der Waals surface area (Å²) < 4.78 is 96.0. The van der Waals surface area contributed by atoms with Gasteiger partial charge >= 0.3 is 11.9 Å². The van der Waals surface area contributed by atoms with Crippen LogP contribution in [0.3, 0.4) is 0 Å². The predicted octanol–water partition coefficient (Wildman–Crippen LogP) is 2.44. The number of alkyl halides is 3. The van der Waals surface area contributed by atoms with Crippen LogP contribution in [0.4, 0.5) is 13.2 Å². The molecule has 2 N–H and O–H groups in total. The number of halogens is 5. The topological polar surface area (TPSA) is 142 Å². The maximum atomic E-state index is 14.3. The normalized spacial score (nSPS) is 15.9. The fraction of sp³-hybridized carbons (Fsp3) is 0.417. The second-order valence-electron chi connectivity index (χ2n) is 9.50. The fourth-order valence-corrected chi connectivity index (χ4v) is 7.24. The summed E-state index contributed by atoms with van der Waals surface area (Å²) in [5.41, 5.74) is -4.02. The van der Waals surface area contributed by atoms with E-state index >= 15 is 0 Å². The van der Waals surface area contributed by atoms with Crippen LogP contribution in [-0.2, 0) is 39.3 Å². The molecule has 230 valence electrons. The van der Waals surface area contributed by atoms with Crippen molar-refractivity contribution in [2.24, 2.45) is 0 Å². The van der Waals surface area contributed by atoms with Gasteiger partial charge in [-0.25, -0.2) is 17.9 Å². The van der Waals surface area contributed by atoms with E-state index in [2.05, 4.69) is 9.71 Å². The van der Waals surface area contributed by atoms with Gasteiger partial charge in [0.05, 0.1) is 38.7 Å². The van der Waals surface area contributed by atoms with Crippen LogP contribution >= 0.6 is 23.2 Å². The number of sulfone groups is 1. The molecule has 0 radical (unpaired) electrons. The molecular weight excluding hydrogens is 646 g/mol. The van der Waals surface area contributed by atoms with Crippen molar-refractivity contribution in [3.8, 4) is 0 Å². The third-order valence-electron chi connectivity index (χ3n) is 7.00. The van der Waals surface area contributed by atoms with Crippen molar-refractivity contribution >= 4 is 54.2 Å². The first-order valence-corrected chi connectivity index (χ1v) is 16.3. The van der Waals surface area contributed by atoms with Gasteiger partial charge in [0.25, 0.3) is 15.8 Å². The van der Waals surface area contributed by atoms with Gasteiger partial charge in [-0.05, 0) is 35.4 Å². The molecule has 2 heterocycles. The molecule has 1 aliphatic rings. The zero-order valence-electron chi connectivity index (χ0n) is 22.3. The summed E-state index contributed by atoms with van der Waals surface area (Å²) in [5, 5.41) is -0.882. The van der Waals surface area contributed by atoms with Gasteiger partial charge in [-0.1, -0.05) is 30.1 Å². The minimum atomic E-state index is -4.94. The van der Waals surface area contributed by atoms with Crippen molar-refractivity contribution in [2.75, 3.05) is 39.0 Å². The number of nitrogens with zero attached hydrogens (tertiary/aromatic N) is 3. The Kier molecular flexibility index (Phi) is 9.19. The molecule has 0 amide bonds. The van der Waals surface area contributed by atoms with Crippen LogP contribution in [-0.4, -0.2) is 74.6 Å². The summed E-state index contributed by atoms with van der Waals surface area (Å²) in [6.07, 6.45) is -4.94. The first kappa shape index (κ1) is 32.4. The van der Waals surface area contributed by atoms with Gasteiger partial charge < -0.3 is 4.98 Å². The van der Waals surface area contributed by atoms with Crippen molar-refractivity contribution in [1.29, 1.82) is 0 Å². The van der Waals surface area contributed by atoms with Crippen LogP contribution < -0.4 is 16.0 Å². The van der Waals surface area contributed by atoms with Gasteiger partial charge in [0, 0.05) is 44.8 Å². The number of hydrogen-bond donors (Lipinski definition) is 2. The molecule has 11 nitrogen and oxygen atoms in total. The summed E-state index contributed by atoms with van der Waals surface area (Å²) in [5.74, 6) is -0.279. The molecule has 0 saturated carbocycles. The van der Waals surface area contributed by atoms with Crippen molar-refractivity contribution in [2.45, 2.75) is 31.1 Å². The number of hydrogen-bond acceptors (Lipinski definition) is 7. The van der Waals surface area contributed by atoms with Crippen LogP contribution in [0.2, 0.25) is 10.0 Å². The van der Waals surface area contributed by atoms with Crippen molar-refractivity contribution < 1.29 is 30.0 Å². The largest absolute Gasteiger partial charge is 0.416 e. The van der Waals surface area contributed by atoms with Crippen LogP contribution in [0.1, 0.15) is 23.6 Å². The number of nitrogens with one attached hydrogen (secondary N) is 2. The molecule has 0 aliphatic carbocycles. The number of rotatable bonds is 8. The lowest BCUT2D eigenvalue weighted by atomic mass is 10.0. The first-order chi connectivity index (χ1) is 19.5. The summed E-state index contributed by atoms with van der Waals surface area (Å²) in [6.45, 7) is 0.752. The Morgan fingerprint density at radius 2 is 1.64 bits per heavy atom. The fourth-order valence-electron chi connectivity index (χ4n) is 4.73. The third kappa shape index (κ3) is 6.39. The van der Waals surface area contributed by atoms with Gasteiger partial charge in [0.1, 0.15) is 0 Å². The molecule has 3 aromatic rings. The maximum absolute atomic E-state index is 14.3. The summed E-state index contributed by atoms with van der Waals surface area (Å²) in [6, 6.07) is 4.43. The molecule has 0 bridgehead atoms. The Balaban J connectivity index is 1.80. The van der Waals surface area contributed by atoms with E-state index in [-0.39, 0.29) is 65.0 Å². The molecule has 2 aromatic carbocycles. The highest BCUT2D eigenvalue weighted by Gasteiger charge is 2.37. The number of fused-ring (bicyclic) bond motifs is 1. The van der Waals surface area contributed by atoms with Crippen LogP contribution in [0.5, 0.6) is 0 Å². The Morgan fingerprint density at radius 3 is 2.21 bits per heavy atom.